The van der Waals surface area contributed by atoms with Gasteiger partial charge in [-0.1, -0.05) is 284 Å². The Morgan fingerprint density at radius 3 is 0.636 bits per heavy atom. The third-order valence-electron chi connectivity index (χ3n) is 13.1. The Kier molecular flexibility index (Phi) is 42.3. The molecule has 328 valence electrons. The van der Waals surface area contributed by atoms with E-state index in [2.05, 4.69) is 43.0 Å². The van der Waals surface area contributed by atoms with Crippen LogP contribution in [-0.2, 0) is 0 Å². The zero-order chi connectivity index (χ0) is 39.4. The maximum Gasteiger partial charge on any atom is 0.101 e. The zero-order valence-corrected chi connectivity index (χ0v) is 38.9. The third-order valence-corrected chi connectivity index (χ3v) is 13.1. The van der Waals surface area contributed by atoms with Crippen molar-refractivity contribution in [3.8, 4) is 0 Å². The van der Waals surface area contributed by atoms with E-state index in [0.717, 1.165) is 0 Å². The van der Waals surface area contributed by atoms with E-state index < -0.39 is 0 Å². The molecular formula is C53H106N2. The second kappa shape index (κ2) is 44.4. The molecule has 0 bridgehead atoms. The van der Waals surface area contributed by atoms with Gasteiger partial charge in [0.1, 0.15) is 6.17 Å². The van der Waals surface area contributed by atoms with Crippen LogP contribution in [0.4, 0.5) is 0 Å². The fourth-order valence-corrected chi connectivity index (χ4v) is 9.19. The van der Waals surface area contributed by atoms with Gasteiger partial charge in [0.05, 0.1) is 0 Å². The summed E-state index contributed by atoms with van der Waals surface area (Å²) in [7, 11) is 0. The fraction of sp³-hybridized carbons (Fsp3) is 0.962. The maximum atomic E-state index is 2.74. The van der Waals surface area contributed by atoms with Crippen molar-refractivity contribution < 1.29 is 0 Å². The lowest BCUT2D eigenvalue weighted by Gasteiger charge is -2.33. The molecule has 55 heavy (non-hydrogen) atoms. The minimum atomic E-state index is 0.635. The molecule has 0 saturated heterocycles. The van der Waals surface area contributed by atoms with E-state index in [0.29, 0.717) is 6.17 Å². The van der Waals surface area contributed by atoms with E-state index in [4.69, 9.17) is 0 Å². The molecular weight excluding hydrogens is 665 g/mol. The summed E-state index contributed by atoms with van der Waals surface area (Å²) in [5, 5.41) is 0. The molecule has 1 aliphatic heterocycles. The van der Waals surface area contributed by atoms with Crippen LogP contribution in [-0.4, -0.2) is 29.1 Å². The first-order valence-electron chi connectivity index (χ1n) is 26.5. The lowest BCUT2D eigenvalue weighted by molar-refractivity contribution is 0.135. The van der Waals surface area contributed by atoms with Gasteiger partial charge in [0.15, 0.2) is 0 Å². The Hall–Kier alpha value is -0.660. The van der Waals surface area contributed by atoms with Crippen molar-refractivity contribution in [1.82, 2.24) is 9.80 Å². The van der Waals surface area contributed by atoms with Crippen LogP contribution in [0.15, 0.2) is 12.4 Å². The molecule has 0 N–H and O–H groups in total. The van der Waals surface area contributed by atoms with Crippen LogP contribution in [0.1, 0.15) is 310 Å². The van der Waals surface area contributed by atoms with Crippen LogP contribution >= 0.6 is 0 Å². The minimum Gasteiger partial charge on any atom is -0.356 e. The molecule has 2 nitrogen and oxygen atoms in total. The molecule has 2 heteroatoms. The summed E-state index contributed by atoms with van der Waals surface area (Å²) in [5.74, 6) is 0. The third kappa shape index (κ3) is 36.2. The van der Waals surface area contributed by atoms with Gasteiger partial charge < -0.3 is 9.80 Å². The van der Waals surface area contributed by atoms with Crippen LogP contribution in [0, 0.1) is 0 Å². The van der Waals surface area contributed by atoms with Gasteiger partial charge in [-0.2, -0.15) is 0 Å². The van der Waals surface area contributed by atoms with Crippen molar-refractivity contribution in [1.29, 1.82) is 0 Å². The van der Waals surface area contributed by atoms with Crippen molar-refractivity contribution >= 4 is 0 Å². The van der Waals surface area contributed by atoms with Crippen LogP contribution in [0.25, 0.3) is 0 Å². The Labute approximate surface area is 350 Å². The van der Waals surface area contributed by atoms with E-state index in [9.17, 15) is 0 Å². The molecule has 0 radical (unpaired) electrons. The second-order valence-corrected chi connectivity index (χ2v) is 18.5. The Bertz CT molecular complexity index is 732. The molecule has 1 rings (SSSR count). The van der Waals surface area contributed by atoms with Crippen LogP contribution in [0.5, 0.6) is 0 Å². The van der Waals surface area contributed by atoms with Crippen LogP contribution in [0.3, 0.4) is 0 Å². The van der Waals surface area contributed by atoms with Gasteiger partial charge in [-0.25, -0.2) is 0 Å². The van der Waals surface area contributed by atoms with Gasteiger partial charge in [0.2, 0.25) is 0 Å². The Morgan fingerprint density at radius 1 is 0.236 bits per heavy atom. The smallest absolute Gasteiger partial charge is 0.101 e. The van der Waals surface area contributed by atoms with Crippen LogP contribution in [0.2, 0.25) is 0 Å². The first kappa shape index (κ1) is 52.4. The standard InChI is InChI=1S/C53H106N2/c1-4-7-10-13-16-19-22-24-26-28-29-31-33-36-39-42-45-48-53-54(49-46-43-40-37-34-21-18-15-12-9-6-3)51-52-55(53)50-47-44-41-38-35-32-30-27-25-23-20-17-14-11-8-5-2/h51-53H,4-50H2,1-3H3. The summed E-state index contributed by atoms with van der Waals surface area (Å²) < 4.78 is 0. The van der Waals surface area contributed by atoms with E-state index in [1.54, 1.807) is 0 Å². The summed E-state index contributed by atoms with van der Waals surface area (Å²) in [6, 6.07) is 0. The Balaban J connectivity index is 2.18. The molecule has 1 unspecified atom stereocenters. The molecule has 1 atom stereocenters. The van der Waals surface area contributed by atoms with Crippen molar-refractivity contribution in [3.05, 3.63) is 12.4 Å². The predicted octanol–water partition coefficient (Wildman–Crippen LogP) is 19.0. The lowest BCUT2D eigenvalue weighted by atomic mass is 10.0. The molecule has 0 aromatic rings. The molecule has 1 heterocycles. The largest absolute Gasteiger partial charge is 0.356 e. The molecule has 0 aliphatic carbocycles. The highest BCUT2D eigenvalue weighted by Gasteiger charge is 2.25. The normalized spacial score (nSPS) is 14.3. The highest BCUT2D eigenvalue weighted by molar-refractivity contribution is 4.97. The molecule has 0 aromatic heterocycles. The van der Waals surface area contributed by atoms with E-state index >= 15 is 0 Å². The average molecular weight is 771 g/mol. The van der Waals surface area contributed by atoms with Crippen molar-refractivity contribution in [3.63, 3.8) is 0 Å². The average Bonchev–Trinajstić information content (AvgIpc) is 3.58. The quantitative estimate of drug-likeness (QED) is 0.0569. The first-order chi connectivity index (χ1) is 27.3. The molecule has 1 aliphatic rings. The predicted molar refractivity (Wildman–Crippen MR) is 251 cm³/mol. The van der Waals surface area contributed by atoms with E-state index in [1.165, 1.54) is 302 Å². The van der Waals surface area contributed by atoms with Gasteiger partial charge in [-0.05, 0) is 25.7 Å². The van der Waals surface area contributed by atoms with Gasteiger partial charge in [0, 0.05) is 25.5 Å². The van der Waals surface area contributed by atoms with Crippen molar-refractivity contribution in [2.45, 2.75) is 316 Å². The SMILES string of the molecule is CCCCCCCCCCCCCCCCCCCC1N(CCCCCCCCCCCCC)C=CN1CCCCCCCCCCCCCCCCCC. The number of unbranched alkanes of at least 4 members (excludes halogenated alkanes) is 41. The van der Waals surface area contributed by atoms with E-state index in [-0.39, 0.29) is 0 Å². The molecule has 0 fully saturated rings. The monoisotopic (exact) mass is 771 g/mol. The lowest BCUT2D eigenvalue weighted by Crippen LogP contribution is -2.39. The molecule has 0 amide bonds. The van der Waals surface area contributed by atoms with Crippen molar-refractivity contribution in [2.24, 2.45) is 0 Å². The topological polar surface area (TPSA) is 6.48 Å². The molecule has 0 spiro atoms. The highest BCUT2D eigenvalue weighted by atomic mass is 15.4. The number of rotatable bonds is 47. The van der Waals surface area contributed by atoms with E-state index in [1.807, 2.05) is 0 Å². The number of hydrogen-bond donors (Lipinski definition) is 0. The summed E-state index contributed by atoms with van der Waals surface area (Å²) in [5.41, 5.74) is 0. The number of nitrogens with zero attached hydrogens (tertiary/aromatic N) is 2. The summed E-state index contributed by atoms with van der Waals surface area (Å²) in [6.45, 7) is 9.50. The fourth-order valence-electron chi connectivity index (χ4n) is 9.19. The zero-order valence-electron chi connectivity index (χ0n) is 38.9. The second-order valence-electron chi connectivity index (χ2n) is 18.5. The molecule has 0 aromatic carbocycles. The van der Waals surface area contributed by atoms with Gasteiger partial charge >= 0.3 is 0 Å². The van der Waals surface area contributed by atoms with Crippen LogP contribution < -0.4 is 0 Å². The van der Waals surface area contributed by atoms with Gasteiger partial charge in [-0.3, -0.25) is 0 Å². The first-order valence-corrected chi connectivity index (χ1v) is 26.5. The minimum absolute atomic E-state index is 0.635. The Morgan fingerprint density at radius 2 is 0.418 bits per heavy atom. The molecule has 0 saturated carbocycles. The number of hydrogen-bond acceptors (Lipinski definition) is 2. The maximum absolute atomic E-state index is 2.74. The van der Waals surface area contributed by atoms with Crippen molar-refractivity contribution in [2.75, 3.05) is 13.1 Å². The van der Waals surface area contributed by atoms with Gasteiger partial charge in [-0.15, -0.1) is 0 Å². The summed E-state index contributed by atoms with van der Waals surface area (Å²) >= 11 is 0. The highest BCUT2D eigenvalue weighted by Crippen LogP contribution is 2.24. The summed E-state index contributed by atoms with van der Waals surface area (Å²) in [6.07, 6.45) is 70.8. The van der Waals surface area contributed by atoms with Gasteiger partial charge in [0.25, 0.3) is 0 Å². The summed E-state index contributed by atoms with van der Waals surface area (Å²) in [4.78, 5) is 5.49.